The Kier molecular flexibility index (Phi) is 5.46. The smallest absolute Gasteiger partial charge is 0.352 e. The van der Waals surface area contributed by atoms with E-state index in [1.807, 2.05) is 18.2 Å². The van der Waals surface area contributed by atoms with Crippen LogP contribution < -0.4 is 5.32 Å². The van der Waals surface area contributed by atoms with Gasteiger partial charge in [-0.15, -0.1) is 11.3 Å². The predicted octanol–water partition coefficient (Wildman–Crippen LogP) is 4.32. The first-order valence-corrected chi connectivity index (χ1v) is 8.76. The molecular weight excluding hydrogens is 372 g/mol. The first-order valence-electron chi connectivity index (χ1n) is 7.56. The number of halogens is 1. The molecular formula is C19H13ClN2O3S. The van der Waals surface area contributed by atoms with Crippen molar-refractivity contribution in [3.05, 3.63) is 82.1 Å². The van der Waals surface area contributed by atoms with Crippen LogP contribution in [0.4, 0.5) is 0 Å². The highest BCUT2D eigenvalue weighted by molar-refractivity contribution is 7.16. The molecule has 1 heterocycles. The Balaban J connectivity index is 1.85. The summed E-state index contributed by atoms with van der Waals surface area (Å²) in [5.74, 6) is -1.74. The van der Waals surface area contributed by atoms with Crippen LogP contribution in [0.1, 0.15) is 15.4 Å². The molecule has 0 saturated heterocycles. The fourth-order valence-corrected chi connectivity index (χ4v) is 3.39. The number of carboxylic acid groups (broad SMARTS) is 1. The summed E-state index contributed by atoms with van der Waals surface area (Å²) in [7, 11) is 0. The molecule has 2 N–H and O–H groups in total. The number of rotatable bonds is 5. The van der Waals surface area contributed by atoms with Gasteiger partial charge in [0, 0.05) is 28.4 Å². The second-order valence-corrected chi connectivity index (χ2v) is 6.70. The van der Waals surface area contributed by atoms with Gasteiger partial charge in [0.25, 0.3) is 5.91 Å². The lowest BCUT2D eigenvalue weighted by Gasteiger charge is -2.05. The highest BCUT2D eigenvalue weighted by atomic mass is 35.5. The molecule has 5 nitrogen and oxygen atoms in total. The second kappa shape index (κ2) is 7.95. The molecule has 0 aliphatic heterocycles. The molecule has 0 fully saturated rings. The van der Waals surface area contributed by atoms with Gasteiger partial charge < -0.3 is 10.4 Å². The normalized spacial score (nSPS) is 11.2. The SMILES string of the molecule is O=C(O)C(=Cc1ncc(-c2ccccc2Cl)s1)NC(=O)c1ccccc1. The maximum Gasteiger partial charge on any atom is 0.352 e. The minimum atomic E-state index is -1.25. The first-order chi connectivity index (χ1) is 12.5. The third kappa shape index (κ3) is 4.17. The number of aliphatic carboxylic acids is 1. The van der Waals surface area contributed by atoms with Crippen molar-refractivity contribution in [1.82, 2.24) is 10.3 Å². The summed E-state index contributed by atoms with van der Waals surface area (Å²) in [6, 6.07) is 15.7. The van der Waals surface area contributed by atoms with E-state index in [4.69, 9.17) is 11.6 Å². The van der Waals surface area contributed by atoms with Gasteiger partial charge in [-0.1, -0.05) is 48.0 Å². The minimum absolute atomic E-state index is 0.251. The molecule has 3 rings (SSSR count). The Morgan fingerprint density at radius 3 is 2.46 bits per heavy atom. The molecule has 7 heteroatoms. The van der Waals surface area contributed by atoms with Gasteiger partial charge >= 0.3 is 5.97 Å². The number of benzene rings is 2. The highest BCUT2D eigenvalue weighted by Crippen LogP contribution is 2.32. The maximum absolute atomic E-state index is 12.2. The lowest BCUT2D eigenvalue weighted by molar-refractivity contribution is -0.132. The number of carbonyl (C=O) groups is 2. The van der Waals surface area contributed by atoms with Crippen LogP contribution in [-0.4, -0.2) is 22.0 Å². The van der Waals surface area contributed by atoms with Crippen molar-refractivity contribution < 1.29 is 14.7 Å². The van der Waals surface area contributed by atoms with Gasteiger partial charge in [-0.2, -0.15) is 0 Å². The van der Waals surface area contributed by atoms with E-state index in [1.165, 1.54) is 17.4 Å². The van der Waals surface area contributed by atoms with Gasteiger partial charge in [-0.3, -0.25) is 4.79 Å². The van der Waals surface area contributed by atoms with Gasteiger partial charge in [-0.25, -0.2) is 9.78 Å². The second-order valence-electron chi connectivity index (χ2n) is 5.23. The Bertz CT molecular complexity index is 983. The van der Waals surface area contributed by atoms with Crippen LogP contribution in [0.3, 0.4) is 0 Å². The van der Waals surface area contributed by atoms with Crippen LogP contribution in [0.2, 0.25) is 5.02 Å². The Morgan fingerprint density at radius 1 is 1.08 bits per heavy atom. The zero-order valence-corrected chi connectivity index (χ0v) is 14.9. The number of amides is 1. The van der Waals surface area contributed by atoms with Crippen molar-refractivity contribution in [3.63, 3.8) is 0 Å². The van der Waals surface area contributed by atoms with Crippen LogP contribution in [0.5, 0.6) is 0 Å². The fraction of sp³-hybridized carbons (Fsp3) is 0. The third-order valence-corrected chi connectivity index (χ3v) is 4.75. The Hall–Kier alpha value is -2.96. The van der Waals surface area contributed by atoms with Crippen molar-refractivity contribution in [2.75, 3.05) is 0 Å². The lowest BCUT2D eigenvalue weighted by Crippen LogP contribution is -2.27. The third-order valence-electron chi connectivity index (χ3n) is 3.45. The van der Waals surface area contributed by atoms with Crippen molar-refractivity contribution in [2.45, 2.75) is 0 Å². The van der Waals surface area contributed by atoms with Crippen molar-refractivity contribution in [3.8, 4) is 10.4 Å². The van der Waals surface area contributed by atoms with E-state index >= 15 is 0 Å². The molecule has 0 radical (unpaired) electrons. The lowest BCUT2D eigenvalue weighted by atomic mass is 10.2. The van der Waals surface area contributed by atoms with Crippen molar-refractivity contribution >= 4 is 40.9 Å². The van der Waals surface area contributed by atoms with Gasteiger partial charge in [0.2, 0.25) is 0 Å². The summed E-state index contributed by atoms with van der Waals surface area (Å²) < 4.78 is 0. The molecule has 130 valence electrons. The van der Waals surface area contributed by atoms with Gasteiger partial charge in [-0.05, 0) is 18.2 Å². The fourth-order valence-electron chi connectivity index (χ4n) is 2.20. The summed E-state index contributed by atoms with van der Waals surface area (Å²) in [5.41, 5.74) is 0.936. The zero-order valence-electron chi connectivity index (χ0n) is 13.3. The number of hydrogen-bond donors (Lipinski definition) is 2. The molecule has 26 heavy (non-hydrogen) atoms. The molecule has 3 aromatic rings. The number of nitrogens with zero attached hydrogens (tertiary/aromatic N) is 1. The average Bonchev–Trinajstić information content (AvgIpc) is 3.10. The van der Waals surface area contributed by atoms with Crippen LogP contribution in [0, 0.1) is 0 Å². The highest BCUT2D eigenvalue weighted by Gasteiger charge is 2.15. The molecule has 2 aromatic carbocycles. The van der Waals surface area contributed by atoms with E-state index in [2.05, 4.69) is 10.3 Å². The van der Waals surface area contributed by atoms with Crippen LogP contribution in [0.25, 0.3) is 16.5 Å². The van der Waals surface area contributed by atoms with Crippen molar-refractivity contribution in [2.24, 2.45) is 0 Å². The summed E-state index contributed by atoms with van der Waals surface area (Å²) in [6.07, 6.45) is 2.95. The van der Waals surface area contributed by atoms with E-state index in [0.29, 0.717) is 15.6 Å². The largest absolute Gasteiger partial charge is 0.477 e. The van der Waals surface area contributed by atoms with Crippen molar-refractivity contribution in [1.29, 1.82) is 0 Å². The molecule has 0 unspecified atom stereocenters. The average molecular weight is 385 g/mol. The topological polar surface area (TPSA) is 79.3 Å². The molecule has 0 aliphatic carbocycles. The van der Waals surface area contributed by atoms with E-state index in [9.17, 15) is 14.7 Å². The zero-order chi connectivity index (χ0) is 18.5. The monoisotopic (exact) mass is 384 g/mol. The Labute approximate surface area is 158 Å². The molecule has 0 saturated carbocycles. The van der Waals surface area contributed by atoms with Gasteiger partial charge in [0.1, 0.15) is 10.7 Å². The van der Waals surface area contributed by atoms with E-state index in [-0.39, 0.29) is 5.70 Å². The summed E-state index contributed by atoms with van der Waals surface area (Å²) in [4.78, 5) is 28.7. The van der Waals surface area contributed by atoms with Crippen LogP contribution in [0.15, 0.2) is 66.5 Å². The molecule has 1 amide bonds. The number of hydrogen-bond acceptors (Lipinski definition) is 4. The summed E-state index contributed by atoms with van der Waals surface area (Å²) in [5, 5.41) is 12.8. The molecule has 0 aliphatic rings. The minimum Gasteiger partial charge on any atom is -0.477 e. The summed E-state index contributed by atoms with van der Waals surface area (Å²) >= 11 is 7.46. The van der Waals surface area contributed by atoms with E-state index in [0.717, 1.165) is 10.4 Å². The first kappa shape index (κ1) is 17.8. The number of thiazole rings is 1. The number of carboxylic acids is 1. The quantitative estimate of drug-likeness (QED) is 0.642. The van der Waals surface area contributed by atoms with Gasteiger partial charge in [0.15, 0.2) is 0 Å². The van der Waals surface area contributed by atoms with Crippen LogP contribution >= 0.6 is 22.9 Å². The van der Waals surface area contributed by atoms with Crippen LogP contribution in [-0.2, 0) is 4.79 Å². The standard InChI is InChI=1S/C19H13ClN2O3S/c20-14-9-5-4-8-13(14)16-11-21-17(26-16)10-15(19(24)25)22-18(23)12-6-2-1-3-7-12/h1-11H,(H,22,23)(H,24,25). The maximum atomic E-state index is 12.2. The number of carbonyl (C=O) groups excluding carboxylic acids is 1. The number of aromatic nitrogens is 1. The van der Waals surface area contributed by atoms with E-state index < -0.39 is 11.9 Å². The van der Waals surface area contributed by atoms with E-state index in [1.54, 1.807) is 42.6 Å². The molecule has 0 atom stereocenters. The number of nitrogens with one attached hydrogen (secondary N) is 1. The molecule has 0 spiro atoms. The summed E-state index contributed by atoms with van der Waals surface area (Å²) in [6.45, 7) is 0. The predicted molar refractivity (Wildman–Crippen MR) is 102 cm³/mol. The molecule has 1 aromatic heterocycles. The molecule has 0 bridgehead atoms. The Morgan fingerprint density at radius 2 is 1.77 bits per heavy atom. The van der Waals surface area contributed by atoms with Gasteiger partial charge in [0.05, 0.1) is 4.88 Å².